The number of nitrogens with zero attached hydrogens (tertiary/aromatic N) is 5. The summed E-state index contributed by atoms with van der Waals surface area (Å²) in [6, 6.07) is 26.6. The first-order valence-corrected chi connectivity index (χ1v) is 41.2. The highest BCUT2D eigenvalue weighted by molar-refractivity contribution is 7.91. The van der Waals surface area contributed by atoms with E-state index in [4.69, 9.17) is 14.2 Å². The lowest BCUT2D eigenvalue weighted by molar-refractivity contribution is -0.145. The second kappa shape index (κ2) is 38.2. The van der Waals surface area contributed by atoms with Gasteiger partial charge in [0.25, 0.3) is 5.91 Å². The summed E-state index contributed by atoms with van der Waals surface area (Å²) in [7, 11) is -0.998. The maximum atomic E-state index is 15.4. The number of ether oxygens (including phenoxy) is 3. The van der Waals surface area contributed by atoms with Gasteiger partial charge < -0.3 is 76.8 Å². The maximum absolute atomic E-state index is 15.4. The molecule has 31 nitrogen and oxygen atoms in total. The van der Waals surface area contributed by atoms with Gasteiger partial charge in [0, 0.05) is 51.6 Å². The Morgan fingerprint density at radius 1 is 0.585 bits per heavy atom. The Hall–Kier alpha value is -11.6. The molecule has 2 saturated heterocycles. The summed E-state index contributed by atoms with van der Waals surface area (Å²) in [4.78, 5) is 149. The molecular formula is C86H106N14O17S. The van der Waals surface area contributed by atoms with Gasteiger partial charge in [-0.2, -0.15) is 0 Å². The third-order valence-electron chi connectivity index (χ3n) is 21.7. The van der Waals surface area contributed by atoms with Crippen LogP contribution in [0.2, 0.25) is 0 Å². The maximum Gasteiger partial charge on any atom is 0.326 e. The number of aromatic nitrogens is 3. The second-order valence-corrected chi connectivity index (χ2v) is 34.8. The Morgan fingerprint density at radius 2 is 1.08 bits per heavy atom. The minimum atomic E-state index is -4.20. The lowest BCUT2D eigenvalue weighted by Crippen LogP contribution is -2.61. The second-order valence-electron chi connectivity index (χ2n) is 32.8. The molecule has 6 aliphatic heterocycles. The zero-order valence-corrected chi connectivity index (χ0v) is 68.7. The molecular weight excluding hydrogens is 1530 g/mol. The molecule has 1 saturated carbocycles. The van der Waals surface area contributed by atoms with Crippen molar-refractivity contribution >= 4 is 79.9 Å². The van der Waals surface area contributed by atoms with Gasteiger partial charge in [-0.25, -0.2) is 17.9 Å². The van der Waals surface area contributed by atoms with Crippen LogP contribution in [0.5, 0.6) is 17.2 Å². The van der Waals surface area contributed by atoms with Gasteiger partial charge in [-0.15, -0.1) is 5.10 Å². The van der Waals surface area contributed by atoms with Crippen molar-refractivity contribution < 1.29 is 80.8 Å². The molecule has 6 aromatic carbocycles. The van der Waals surface area contributed by atoms with E-state index >= 15 is 24.0 Å². The Morgan fingerprint density at radius 3 is 1.64 bits per heavy atom. The van der Waals surface area contributed by atoms with E-state index in [1.807, 2.05) is 42.5 Å². The lowest BCUT2D eigenvalue weighted by Gasteiger charge is -2.36. The minimum absolute atomic E-state index is 0.0285. The molecule has 7 aromatic rings. The van der Waals surface area contributed by atoms with Crippen LogP contribution in [0.15, 0.2) is 158 Å². The number of carboxylic acids is 1. The molecule has 14 rings (SSSR count). The number of fused-ring (bicyclic) bond motifs is 1. The molecule has 10 bridgehead atoms. The molecule has 118 heavy (non-hydrogen) atoms. The Bertz CT molecular complexity index is 4930. The zero-order valence-electron chi connectivity index (χ0n) is 67.9. The van der Waals surface area contributed by atoms with Gasteiger partial charge in [0.2, 0.25) is 57.3 Å². The van der Waals surface area contributed by atoms with Crippen LogP contribution in [0.1, 0.15) is 115 Å². The van der Waals surface area contributed by atoms with Crippen molar-refractivity contribution in [3.05, 3.63) is 186 Å². The zero-order chi connectivity index (χ0) is 84.9. The monoisotopic (exact) mass is 1640 g/mol. The number of carbonyl (C=O) groups excluding carboxylic acids is 9. The average molecular weight is 1640 g/mol. The highest BCUT2D eigenvalue weighted by Crippen LogP contribution is 2.34. The van der Waals surface area contributed by atoms with Gasteiger partial charge in [-0.3, -0.25) is 47.9 Å². The van der Waals surface area contributed by atoms with Gasteiger partial charge in [-0.05, 0) is 138 Å². The number of phenols is 1. The number of aromatic hydroxyl groups is 1. The number of rotatable bonds is 17. The van der Waals surface area contributed by atoms with Crippen LogP contribution >= 0.6 is 0 Å². The van der Waals surface area contributed by atoms with Crippen LogP contribution in [0, 0.1) is 10.8 Å². The molecule has 0 spiro atoms. The topological polar surface area (TPSA) is 418 Å². The fourth-order valence-corrected chi connectivity index (χ4v) is 15.7. The third kappa shape index (κ3) is 22.8. The average Bonchev–Trinajstić information content (AvgIpc) is 1.70. The summed E-state index contributed by atoms with van der Waals surface area (Å²) in [5.41, 5.74) is 2.14. The first-order valence-electron chi connectivity index (χ1n) is 39.6. The van der Waals surface area contributed by atoms with Gasteiger partial charge in [0.1, 0.15) is 84.5 Å². The number of hydrogen-bond acceptors (Lipinski definition) is 20. The van der Waals surface area contributed by atoms with Crippen molar-refractivity contribution in [1.29, 1.82) is 0 Å². The van der Waals surface area contributed by atoms with Crippen molar-refractivity contribution in [2.24, 2.45) is 10.8 Å². The standard InChI is InChI=1S/C86H106N14O17S/c1-50(87-9)75(102)93-73(85(3,4)5)82(109)98-47-61-44-71(98)80(107)91-68(43-55-19-26-56-15-11-12-16-59(56)39-55)78(105)92-70(84(111)112)42-54-20-31-63(32-21-54)115-37-13-14-38-116-65-45-72(99(48-65)83(110)74(86(6,7)8)94-76(103)51(2)88-10)81(108)90-67(40-52-17-24-57(25-18-52)58-27-29-62(101)30-28-58)77(104)89-69(79(106)96-118(113,114)66-35-36-66)41-53-22-33-64(34-23-53)117-49-60-46-100(61)97-95-60/h11-34,39,46,50-51,61,65-74,87-88,101H,35-38,40-45,47-49H2,1-10H3,(H,89,104)(H,90,108)(H,91,107)(H,92,105)(H,93,102)(H,94,103)(H,96,106)(H,111,112)/b14-13+/t50-,51-,61-,65?,67-,68-,69?,70-,71-,72?,73+,74+/m0/s1. The number of amides is 9. The van der Waals surface area contributed by atoms with E-state index in [1.54, 1.807) is 185 Å². The van der Waals surface area contributed by atoms with Crippen molar-refractivity contribution in [1.82, 2.24) is 72.1 Å². The van der Waals surface area contributed by atoms with Crippen LogP contribution in [0.4, 0.5) is 0 Å². The number of likely N-dealkylation sites (tertiary alicyclic amines) is 2. The summed E-state index contributed by atoms with van der Waals surface area (Å²) < 4.78 is 49.4. The first kappa shape index (κ1) is 87.2. The predicted octanol–water partition coefficient (Wildman–Crippen LogP) is 4.64. The summed E-state index contributed by atoms with van der Waals surface area (Å²) in [5.74, 6) is -7.04. The van der Waals surface area contributed by atoms with Crippen molar-refractivity contribution in [2.75, 3.05) is 40.4 Å². The molecule has 1 aromatic heterocycles. The highest BCUT2D eigenvalue weighted by Gasteiger charge is 2.49. The fraction of sp³-hybridized carbons (Fsp3) is 0.442. The summed E-state index contributed by atoms with van der Waals surface area (Å²) in [6.45, 7) is 13.5. The molecule has 9 amide bonds. The highest BCUT2D eigenvalue weighted by atomic mass is 32.2. The number of nitrogens with one attached hydrogen (secondary N) is 9. The van der Waals surface area contributed by atoms with E-state index in [0.717, 1.165) is 21.9 Å². The first-order chi connectivity index (χ1) is 56.1. The predicted molar refractivity (Wildman–Crippen MR) is 438 cm³/mol. The van der Waals surface area contributed by atoms with Crippen molar-refractivity contribution in [3.63, 3.8) is 0 Å². The SMILES string of the molecule is CN[C@@H](C)C(=O)N[C@H](C(=O)N1CC2CC1C(=O)N[C@@H](Cc1ccc(-c3ccc(O)cc3)cc1)C(=O)NC(C(=O)NS(=O)(=O)C1CC1)Cc1ccc(cc1)OCc1cn(nn1)[C@H]1C[C@@H](C(=O)N[C@@H](Cc3ccc4ccccc4c3)C(=O)N[C@H](C(=O)O)Cc3ccc(cc3)OC/C=C/CO2)N(C(=O)[C@@H](NC(=O)[C@H](C)NC)C(C)(C)C)C1)C(C)(C)C. The Labute approximate surface area is 686 Å². The molecule has 32 heteroatoms. The van der Waals surface area contributed by atoms with Gasteiger partial charge >= 0.3 is 5.97 Å². The molecule has 1 aliphatic carbocycles. The van der Waals surface area contributed by atoms with Crippen molar-refractivity contribution in [3.8, 4) is 28.4 Å². The largest absolute Gasteiger partial charge is 0.508 e. The Kier molecular flexibility index (Phi) is 28.2. The molecule has 3 unspecified atom stereocenters. The summed E-state index contributed by atoms with van der Waals surface area (Å²) in [6.07, 6.45) is 3.89. The molecule has 7 aliphatic rings. The quantitative estimate of drug-likeness (QED) is 0.0553. The Balaban J connectivity index is 0.924. The number of carbonyl (C=O) groups is 10. The molecule has 12 atom stereocenters. The summed E-state index contributed by atoms with van der Waals surface area (Å²) >= 11 is 0. The summed E-state index contributed by atoms with van der Waals surface area (Å²) in [5, 5.41) is 53.4. The third-order valence-corrected chi connectivity index (χ3v) is 23.6. The number of sulfonamides is 1. The molecule has 0 radical (unpaired) electrons. The van der Waals surface area contributed by atoms with Crippen molar-refractivity contribution in [2.45, 2.75) is 191 Å². The normalized spacial score (nSPS) is 22.2. The van der Waals surface area contributed by atoms with E-state index in [1.165, 1.54) is 14.5 Å². The van der Waals surface area contributed by atoms with Gasteiger partial charge in [0.15, 0.2) is 0 Å². The van der Waals surface area contributed by atoms with E-state index in [9.17, 15) is 42.6 Å². The molecule has 11 N–H and O–H groups in total. The van der Waals surface area contributed by atoms with Crippen LogP contribution in [0.3, 0.4) is 0 Å². The molecule has 7 heterocycles. The number of benzene rings is 6. The van der Waals surface area contributed by atoms with E-state index in [-0.39, 0.29) is 77.2 Å². The fourth-order valence-electron chi connectivity index (χ4n) is 14.3. The number of carboxylic acid groups (broad SMARTS) is 1. The van der Waals surface area contributed by atoms with E-state index in [0.29, 0.717) is 52.3 Å². The minimum Gasteiger partial charge on any atom is -0.508 e. The number of phenolic OH excluding ortho intramolecular Hbond substituents is 1. The van der Waals surface area contributed by atoms with Crippen LogP contribution in [-0.2, 0) is 95.0 Å². The van der Waals surface area contributed by atoms with Gasteiger partial charge in [0.05, 0.1) is 42.3 Å². The number of aliphatic carboxylic acids is 1. The smallest absolute Gasteiger partial charge is 0.326 e. The molecule has 628 valence electrons. The molecule has 3 fully saturated rings. The van der Waals surface area contributed by atoms with E-state index < -0.39 is 158 Å². The number of likely N-dealkylation sites (N-methyl/N-ethyl adjacent to an activating group) is 2. The lowest BCUT2D eigenvalue weighted by atomic mass is 9.85. The van der Waals surface area contributed by atoms with Crippen LogP contribution in [-0.4, -0.2) is 215 Å². The van der Waals surface area contributed by atoms with Crippen LogP contribution < -0.4 is 56.7 Å². The number of hydrogen-bond donors (Lipinski definition) is 11. The van der Waals surface area contributed by atoms with Gasteiger partial charge in [-0.1, -0.05) is 156 Å². The van der Waals surface area contributed by atoms with E-state index in [2.05, 4.69) is 57.6 Å². The van der Waals surface area contributed by atoms with Crippen LogP contribution in [0.25, 0.3) is 21.9 Å².